The minimum absolute atomic E-state index is 0.824. The van der Waals surface area contributed by atoms with E-state index in [4.69, 9.17) is 10.5 Å². The largest absolute Gasteiger partial charge is 0.458 e. The second-order valence-electron chi connectivity index (χ2n) is 4.22. The molecule has 2 N–H and O–H groups in total. The number of nitrogen functional groups attached to an aromatic ring is 1. The average molecular weight is 209 g/mol. The summed E-state index contributed by atoms with van der Waals surface area (Å²) in [6.45, 7) is 2.03. The molecule has 0 fully saturated rings. The Morgan fingerprint density at radius 1 is 1.12 bits per heavy atom. The first kappa shape index (κ1) is 9.34. The summed E-state index contributed by atoms with van der Waals surface area (Å²) in [5.41, 5.74) is 10.3. The first-order valence-corrected chi connectivity index (χ1v) is 5.39. The molecule has 1 heterocycles. The minimum atomic E-state index is 0.824. The van der Waals surface area contributed by atoms with Gasteiger partial charge in [-0.2, -0.15) is 0 Å². The third-order valence-corrected chi connectivity index (χ3v) is 2.95. The van der Waals surface area contributed by atoms with E-state index in [1.807, 2.05) is 37.3 Å². The molecule has 0 aliphatic carbocycles. The summed E-state index contributed by atoms with van der Waals surface area (Å²) in [6.07, 6.45) is 0. The van der Waals surface area contributed by atoms with Gasteiger partial charge in [-0.15, -0.1) is 0 Å². The lowest BCUT2D eigenvalue weighted by Crippen LogP contribution is -2.35. The van der Waals surface area contributed by atoms with E-state index in [-0.39, 0.29) is 0 Å². The molecule has 0 radical (unpaired) electrons. The predicted molar refractivity (Wildman–Crippen MR) is 68.5 cm³/mol. The molecule has 0 aromatic heterocycles. The summed E-state index contributed by atoms with van der Waals surface area (Å²) in [4.78, 5) is 0. The number of aryl methyl sites for hydroxylation is 1. The number of hydrogen-bond acceptors (Lipinski definition) is 2. The van der Waals surface area contributed by atoms with Gasteiger partial charge < -0.3 is 10.5 Å². The fourth-order valence-electron chi connectivity index (χ4n) is 2.15. The van der Waals surface area contributed by atoms with Gasteiger partial charge in [0, 0.05) is 5.69 Å². The van der Waals surface area contributed by atoms with Crippen molar-refractivity contribution < 1.29 is 4.74 Å². The maximum atomic E-state index is 6.02. The SMILES string of the molecule is Cc1cc(N)c2c(c1)Oc1ccccc1B2. The van der Waals surface area contributed by atoms with E-state index in [1.165, 1.54) is 5.46 Å². The molecule has 3 rings (SSSR count). The summed E-state index contributed by atoms with van der Waals surface area (Å²) in [6, 6.07) is 12.1. The Bertz CT molecular complexity index is 566. The van der Waals surface area contributed by atoms with Gasteiger partial charge in [0.1, 0.15) is 11.5 Å². The Hall–Kier alpha value is -1.90. The van der Waals surface area contributed by atoms with Crippen LogP contribution in [0.4, 0.5) is 5.69 Å². The van der Waals surface area contributed by atoms with E-state index >= 15 is 0 Å². The van der Waals surface area contributed by atoms with Crippen LogP contribution in [0, 0.1) is 6.92 Å². The first-order valence-electron chi connectivity index (χ1n) is 5.39. The van der Waals surface area contributed by atoms with E-state index < -0.39 is 0 Å². The maximum absolute atomic E-state index is 6.02. The fraction of sp³-hybridized carbons (Fsp3) is 0.0769. The van der Waals surface area contributed by atoms with Crippen LogP contribution in [0.2, 0.25) is 0 Å². The van der Waals surface area contributed by atoms with Crippen LogP contribution >= 0.6 is 0 Å². The van der Waals surface area contributed by atoms with Gasteiger partial charge >= 0.3 is 0 Å². The van der Waals surface area contributed by atoms with E-state index in [9.17, 15) is 0 Å². The summed E-state index contributed by atoms with van der Waals surface area (Å²) < 4.78 is 5.86. The Balaban J connectivity index is 2.15. The molecular formula is C13H12BNO. The third kappa shape index (κ3) is 1.36. The van der Waals surface area contributed by atoms with E-state index in [0.717, 1.165) is 35.5 Å². The molecule has 2 aromatic carbocycles. The van der Waals surface area contributed by atoms with Crippen LogP contribution < -0.4 is 21.4 Å². The Kier molecular flexibility index (Phi) is 1.93. The van der Waals surface area contributed by atoms with E-state index in [0.29, 0.717) is 0 Å². The van der Waals surface area contributed by atoms with Gasteiger partial charge in [0.05, 0.1) is 0 Å². The second kappa shape index (κ2) is 3.30. The summed E-state index contributed by atoms with van der Waals surface area (Å²) >= 11 is 0. The number of rotatable bonds is 0. The number of fused-ring (bicyclic) bond motifs is 2. The van der Waals surface area contributed by atoms with Crippen molar-refractivity contribution in [2.75, 3.05) is 5.73 Å². The van der Waals surface area contributed by atoms with Crippen molar-refractivity contribution in [3.8, 4) is 11.5 Å². The van der Waals surface area contributed by atoms with E-state index in [1.54, 1.807) is 0 Å². The molecular weight excluding hydrogens is 197 g/mol. The molecule has 1 aliphatic rings. The van der Waals surface area contributed by atoms with Crippen LogP contribution in [0.25, 0.3) is 0 Å². The van der Waals surface area contributed by atoms with Crippen LogP contribution in [0.5, 0.6) is 11.5 Å². The Morgan fingerprint density at radius 3 is 2.81 bits per heavy atom. The molecule has 78 valence electrons. The van der Waals surface area contributed by atoms with Crippen molar-refractivity contribution in [2.45, 2.75) is 6.92 Å². The molecule has 3 heteroatoms. The van der Waals surface area contributed by atoms with Crippen LogP contribution in [0.1, 0.15) is 5.56 Å². The molecule has 2 nitrogen and oxygen atoms in total. The predicted octanol–water partition coefficient (Wildman–Crippen LogP) is 1.07. The van der Waals surface area contributed by atoms with Gasteiger partial charge in [-0.3, -0.25) is 0 Å². The topological polar surface area (TPSA) is 35.2 Å². The normalized spacial score (nSPS) is 12.1. The Morgan fingerprint density at radius 2 is 1.94 bits per heavy atom. The molecule has 1 aliphatic heterocycles. The highest BCUT2D eigenvalue weighted by atomic mass is 16.5. The zero-order chi connectivity index (χ0) is 11.1. The number of ether oxygens (including phenoxy) is 1. The smallest absolute Gasteiger partial charge is 0.204 e. The highest BCUT2D eigenvalue weighted by Crippen LogP contribution is 2.24. The number of anilines is 1. The third-order valence-electron chi connectivity index (χ3n) is 2.95. The lowest BCUT2D eigenvalue weighted by Gasteiger charge is -2.21. The summed E-state index contributed by atoms with van der Waals surface area (Å²) in [7, 11) is 0.859. The van der Waals surface area contributed by atoms with Crippen LogP contribution in [0.15, 0.2) is 36.4 Å². The molecule has 0 unspecified atom stereocenters. The van der Waals surface area contributed by atoms with Crippen LogP contribution in [-0.4, -0.2) is 7.28 Å². The van der Waals surface area contributed by atoms with Gasteiger partial charge in [-0.25, -0.2) is 0 Å². The fourth-order valence-corrected chi connectivity index (χ4v) is 2.15. The zero-order valence-electron chi connectivity index (χ0n) is 9.16. The van der Waals surface area contributed by atoms with Crippen LogP contribution in [-0.2, 0) is 0 Å². The summed E-state index contributed by atoms with van der Waals surface area (Å²) in [5, 5.41) is 0. The highest BCUT2D eigenvalue weighted by molar-refractivity contribution is 6.71. The standard InChI is InChI=1S/C13H12BNO/c1-8-6-10(15)13-12(7-8)16-11-5-3-2-4-9(11)14-13/h2-7,14H,15H2,1H3. The molecule has 0 amide bonds. The minimum Gasteiger partial charge on any atom is -0.458 e. The zero-order valence-corrected chi connectivity index (χ0v) is 9.16. The highest BCUT2D eigenvalue weighted by Gasteiger charge is 2.19. The molecule has 0 bridgehead atoms. The van der Waals surface area contributed by atoms with Crippen molar-refractivity contribution in [3.05, 3.63) is 42.0 Å². The van der Waals surface area contributed by atoms with Crippen molar-refractivity contribution in [2.24, 2.45) is 0 Å². The number of para-hydroxylation sites is 1. The second-order valence-corrected chi connectivity index (χ2v) is 4.22. The summed E-state index contributed by atoms with van der Waals surface area (Å²) in [5.74, 6) is 1.84. The first-order chi connectivity index (χ1) is 7.74. The van der Waals surface area contributed by atoms with Gasteiger partial charge in [-0.1, -0.05) is 18.2 Å². The van der Waals surface area contributed by atoms with Crippen molar-refractivity contribution in [1.29, 1.82) is 0 Å². The van der Waals surface area contributed by atoms with Gasteiger partial charge in [0.2, 0.25) is 7.28 Å². The lowest BCUT2D eigenvalue weighted by molar-refractivity contribution is 0.487. The molecule has 0 atom stereocenters. The molecule has 0 spiro atoms. The van der Waals surface area contributed by atoms with Gasteiger partial charge in [0.15, 0.2) is 0 Å². The van der Waals surface area contributed by atoms with Gasteiger partial charge in [-0.05, 0) is 41.6 Å². The maximum Gasteiger partial charge on any atom is 0.204 e. The van der Waals surface area contributed by atoms with E-state index in [2.05, 4.69) is 6.07 Å². The monoisotopic (exact) mass is 209 g/mol. The van der Waals surface area contributed by atoms with Crippen molar-refractivity contribution in [1.82, 2.24) is 0 Å². The van der Waals surface area contributed by atoms with Crippen molar-refractivity contribution >= 4 is 23.9 Å². The molecule has 0 saturated carbocycles. The van der Waals surface area contributed by atoms with Crippen molar-refractivity contribution in [3.63, 3.8) is 0 Å². The lowest BCUT2D eigenvalue weighted by atomic mass is 9.61. The number of benzene rings is 2. The number of nitrogens with two attached hydrogens (primary N) is 1. The molecule has 0 saturated heterocycles. The molecule has 16 heavy (non-hydrogen) atoms. The molecule has 2 aromatic rings. The van der Waals surface area contributed by atoms with Gasteiger partial charge in [0.25, 0.3) is 0 Å². The quantitative estimate of drug-likeness (QED) is 0.444. The average Bonchev–Trinajstić information content (AvgIpc) is 2.27. The van der Waals surface area contributed by atoms with Crippen LogP contribution in [0.3, 0.4) is 0 Å². The number of hydrogen-bond donors (Lipinski definition) is 1. The Labute approximate surface area is 95.3 Å².